The van der Waals surface area contributed by atoms with E-state index >= 15 is 0 Å². The molecule has 0 saturated heterocycles. The van der Waals surface area contributed by atoms with Crippen molar-refractivity contribution in [1.29, 1.82) is 0 Å². The van der Waals surface area contributed by atoms with Gasteiger partial charge in [0.25, 0.3) is 0 Å². The highest BCUT2D eigenvalue weighted by Gasteiger charge is 2.11. The monoisotopic (exact) mass is 325 g/mol. The van der Waals surface area contributed by atoms with Crippen LogP contribution in [0.15, 0.2) is 33.2 Å². The Hall–Kier alpha value is -1.21. The second-order valence-electron chi connectivity index (χ2n) is 3.45. The fourth-order valence-electron chi connectivity index (χ4n) is 1.28. The molecule has 2 aromatic heterocycles. The first-order chi connectivity index (χ1) is 8.70. The van der Waals surface area contributed by atoms with Crippen molar-refractivity contribution in [1.82, 2.24) is 19.9 Å². The van der Waals surface area contributed by atoms with E-state index in [2.05, 4.69) is 41.2 Å². The van der Waals surface area contributed by atoms with Crippen molar-refractivity contribution < 1.29 is 0 Å². The second-order valence-corrected chi connectivity index (χ2v) is 5.20. The molecule has 0 atom stereocenters. The summed E-state index contributed by atoms with van der Waals surface area (Å²) >= 11 is 4.90. The van der Waals surface area contributed by atoms with Crippen molar-refractivity contribution in [2.45, 2.75) is 24.0 Å². The Kier molecular flexibility index (Phi) is 4.48. The molecule has 0 aliphatic carbocycles. The molecule has 0 fully saturated rings. The molecule has 0 aromatic carbocycles. The molecule has 94 valence electrons. The van der Waals surface area contributed by atoms with Gasteiger partial charge >= 0.3 is 0 Å². The number of halogens is 1. The molecule has 0 unspecified atom stereocenters. The van der Waals surface area contributed by atoms with E-state index in [1.807, 2.05) is 19.9 Å². The second kappa shape index (κ2) is 6.10. The van der Waals surface area contributed by atoms with Crippen molar-refractivity contribution in [3.05, 3.63) is 28.8 Å². The molecule has 0 radical (unpaired) electrons. The number of nitrogens with one attached hydrogen (secondary N) is 1. The summed E-state index contributed by atoms with van der Waals surface area (Å²) in [5, 5.41) is 4.64. The third-order valence-corrected chi connectivity index (χ3v) is 3.96. The first kappa shape index (κ1) is 13.2. The van der Waals surface area contributed by atoms with Crippen LogP contribution in [0.4, 0.5) is 5.82 Å². The van der Waals surface area contributed by atoms with Crippen LogP contribution in [0.3, 0.4) is 0 Å². The Morgan fingerprint density at radius 3 is 2.89 bits per heavy atom. The summed E-state index contributed by atoms with van der Waals surface area (Å²) in [7, 11) is 0. The van der Waals surface area contributed by atoms with Gasteiger partial charge in [-0.3, -0.25) is 0 Å². The molecule has 7 heteroatoms. The Bertz CT molecular complexity index is 549. The summed E-state index contributed by atoms with van der Waals surface area (Å²) in [4.78, 5) is 16.9. The maximum atomic E-state index is 4.34. The van der Waals surface area contributed by atoms with E-state index in [1.165, 1.54) is 18.1 Å². The summed E-state index contributed by atoms with van der Waals surface area (Å²) in [6, 6.07) is 1.86. The fraction of sp³-hybridized carbons (Fsp3) is 0.273. The minimum atomic E-state index is 0.678. The highest BCUT2D eigenvalue weighted by molar-refractivity contribution is 9.10. The van der Waals surface area contributed by atoms with E-state index in [-0.39, 0.29) is 0 Å². The smallest absolute Gasteiger partial charge is 0.194 e. The molecule has 18 heavy (non-hydrogen) atoms. The third kappa shape index (κ3) is 3.17. The number of hydrogen-bond donors (Lipinski definition) is 1. The molecule has 0 aliphatic heterocycles. The standard InChI is InChI=1S/C11H12BrN5S/c1-3-13-9-8(12)10(16-6-15-9)18-11-14-5-4-7(2)17-11/h4-6H,3H2,1-2H3,(H,13,15,16). The molecule has 0 saturated carbocycles. The van der Waals surface area contributed by atoms with Crippen LogP contribution >= 0.6 is 27.7 Å². The quantitative estimate of drug-likeness (QED) is 0.688. The average molecular weight is 326 g/mol. The first-order valence-corrected chi connectivity index (χ1v) is 7.03. The Labute approximate surface area is 118 Å². The van der Waals surface area contributed by atoms with Crippen molar-refractivity contribution in [3.63, 3.8) is 0 Å². The number of anilines is 1. The molecule has 2 aromatic rings. The lowest BCUT2D eigenvalue weighted by Gasteiger charge is -2.07. The minimum Gasteiger partial charge on any atom is -0.369 e. The van der Waals surface area contributed by atoms with Crippen molar-refractivity contribution >= 4 is 33.5 Å². The molecule has 0 amide bonds. The van der Waals surface area contributed by atoms with E-state index in [0.717, 1.165) is 27.6 Å². The zero-order chi connectivity index (χ0) is 13.0. The zero-order valence-corrected chi connectivity index (χ0v) is 12.4. The first-order valence-electron chi connectivity index (χ1n) is 5.42. The van der Waals surface area contributed by atoms with Crippen LogP contribution < -0.4 is 5.32 Å². The summed E-state index contributed by atoms with van der Waals surface area (Å²) in [6.07, 6.45) is 3.27. The predicted molar refractivity (Wildman–Crippen MR) is 74.8 cm³/mol. The number of rotatable bonds is 4. The summed E-state index contributed by atoms with van der Waals surface area (Å²) < 4.78 is 0.835. The average Bonchev–Trinajstić information content (AvgIpc) is 2.35. The lowest BCUT2D eigenvalue weighted by atomic mass is 10.5. The molecule has 2 rings (SSSR count). The van der Waals surface area contributed by atoms with Gasteiger partial charge in [0.15, 0.2) is 5.16 Å². The topological polar surface area (TPSA) is 63.6 Å². The maximum Gasteiger partial charge on any atom is 0.194 e. The molecule has 1 N–H and O–H groups in total. The van der Waals surface area contributed by atoms with E-state index in [4.69, 9.17) is 0 Å². The van der Waals surface area contributed by atoms with E-state index in [0.29, 0.717) is 5.16 Å². The fourth-order valence-corrected chi connectivity index (χ4v) is 2.63. The van der Waals surface area contributed by atoms with Crippen LogP contribution in [0.25, 0.3) is 0 Å². The number of hydrogen-bond acceptors (Lipinski definition) is 6. The van der Waals surface area contributed by atoms with Crippen LogP contribution in [0.1, 0.15) is 12.6 Å². The van der Waals surface area contributed by atoms with Crippen molar-refractivity contribution in [3.8, 4) is 0 Å². The van der Waals surface area contributed by atoms with Gasteiger partial charge in [-0.1, -0.05) is 0 Å². The van der Waals surface area contributed by atoms with Gasteiger partial charge in [0.1, 0.15) is 17.2 Å². The summed E-state index contributed by atoms with van der Waals surface area (Å²) in [6.45, 7) is 4.76. The third-order valence-electron chi connectivity index (χ3n) is 2.06. The molecular weight excluding hydrogens is 314 g/mol. The normalized spacial score (nSPS) is 10.4. The van der Waals surface area contributed by atoms with Crippen molar-refractivity contribution in [2.75, 3.05) is 11.9 Å². The molecular formula is C11H12BrN5S. The van der Waals surface area contributed by atoms with Gasteiger partial charge in [0.05, 0.1) is 4.47 Å². The van der Waals surface area contributed by atoms with Crippen molar-refractivity contribution in [2.24, 2.45) is 0 Å². The largest absolute Gasteiger partial charge is 0.369 e. The maximum absolute atomic E-state index is 4.34. The van der Waals surface area contributed by atoms with Crippen LogP contribution in [0, 0.1) is 6.92 Å². The summed E-state index contributed by atoms with van der Waals surface area (Å²) in [5.74, 6) is 0.780. The van der Waals surface area contributed by atoms with E-state index < -0.39 is 0 Å². The van der Waals surface area contributed by atoms with Gasteiger partial charge in [0, 0.05) is 18.4 Å². The molecule has 5 nitrogen and oxygen atoms in total. The predicted octanol–water partition coefficient (Wildman–Crippen LogP) is 2.92. The van der Waals surface area contributed by atoms with Gasteiger partial charge in [-0.15, -0.1) is 0 Å². The molecule has 2 heterocycles. The van der Waals surface area contributed by atoms with E-state index in [1.54, 1.807) is 6.20 Å². The van der Waals surface area contributed by atoms with Gasteiger partial charge in [-0.2, -0.15) is 0 Å². The Balaban J connectivity index is 2.26. The summed E-state index contributed by atoms with van der Waals surface area (Å²) in [5.41, 5.74) is 0.935. The van der Waals surface area contributed by atoms with Crippen LogP contribution in [-0.4, -0.2) is 26.5 Å². The van der Waals surface area contributed by atoms with Gasteiger partial charge in [-0.05, 0) is 47.6 Å². The Morgan fingerprint density at radius 2 is 2.17 bits per heavy atom. The lowest BCUT2D eigenvalue weighted by Crippen LogP contribution is -2.01. The zero-order valence-electron chi connectivity index (χ0n) is 10.0. The van der Waals surface area contributed by atoms with Crippen LogP contribution in [0.2, 0.25) is 0 Å². The SMILES string of the molecule is CCNc1ncnc(Sc2nccc(C)n2)c1Br. The minimum absolute atomic E-state index is 0.678. The van der Waals surface area contributed by atoms with Gasteiger partial charge in [0.2, 0.25) is 0 Å². The van der Waals surface area contributed by atoms with E-state index in [9.17, 15) is 0 Å². The Morgan fingerprint density at radius 1 is 1.33 bits per heavy atom. The van der Waals surface area contributed by atoms with Crippen LogP contribution in [0.5, 0.6) is 0 Å². The molecule has 0 aliphatic rings. The van der Waals surface area contributed by atoms with Gasteiger partial charge in [-0.25, -0.2) is 19.9 Å². The number of aryl methyl sites for hydroxylation is 1. The number of nitrogens with zero attached hydrogens (tertiary/aromatic N) is 4. The van der Waals surface area contributed by atoms with Gasteiger partial charge < -0.3 is 5.32 Å². The lowest BCUT2D eigenvalue weighted by molar-refractivity contribution is 0.922. The molecule has 0 spiro atoms. The van der Waals surface area contributed by atoms with Crippen LogP contribution in [-0.2, 0) is 0 Å². The highest BCUT2D eigenvalue weighted by atomic mass is 79.9. The highest BCUT2D eigenvalue weighted by Crippen LogP contribution is 2.32. The number of aromatic nitrogens is 4. The molecule has 0 bridgehead atoms.